The number of nitro groups is 1. The second-order valence-electron chi connectivity index (χ2n) is 4.54. The van der Waals surface area contributed by atoms with Gasteiger partial charge >= 0.3 is 0 Å². The van der Waals surface area contributed by atoms with E-state index in [1.807, 2.05) is 4.90 Å². The van der Waals surface area contributed by atoms with Crippen molar-refractivity contribution in [2.45, 2.75) is 0 Å². The number of anilines is 2. The maximum absolute atomic E-state index is 14.0. The fourth-order valence-corrected chi connectivity index (χ4v) is 2.09. The van der Waals surface area contributed by atoms with Crippen LogP contribution in [0.4, 0.5) is 21.5 Å². The molecule has 0 spiro atoms. The van der Waals surface area contributed by atoms with Crippen molar-refractivity contribution in [3.63, 3.8) is 0 Å². The molecule has 19 heavy (non-hydrogen) atoms. The summed E-state index contributed by atoms with van der Waals surface area (Å²) < 4.78 is 19.3. The number of rotatable bonds is 3. The minimum absolute atomic E-state index is 0.223. The van der Waals surface area contributed by atoms with Gasteiger partial charge in [0, 0.05) is 27.2 Å². The van der Waals surface area contributed by atoms with Crippen LogP contribution in [0.5, 0.6) is 0 Å². The van der Waals surface area contributed by atoms with Crippen molar-refractivity contribution in [1.82, 2.24) is 0 Å². The molecule has 0 radical (unpaired) electrons. The summed E-state index contributed by atoms with van der Waals surface area (Å²) in [5, 5.41) is 10.9. The van der Waals surface area contributed by atoms with Crippen LogP contribution in [0.15, 0.2) is 12.1 Å². The molecule has 2 rings (SSSR count). The maximum atomic E-state index is 14.0. The molecular formula is C12H16FN3O3. The van der Waals surface area contributed by atoms with E-state index in [4.69, 9.17) is 4.74 Å². The van der Waals surface area contributed by atoms with Gasteiger partial charge in [0.1, 0.15) is 5.69 Å². The lowest BCUT2D eigenvalue weighted by molar-refractivity contribution is -0.384. The Morgan fingerprint density at radius 1 is 1.37 bits per heavy atom. The zero-order valence-corrected chi connectivity index (χ0v) is 10.9. The molecule has 1 aliphatic heterocycles. The molecule has 0 unspecified atom stereocenters. The molecule has 0 aliphatic carbocycles. The number of nitrogens with zero attached hydrogens (tertiary/aromatic N) is 3. The lowest BCUT2D eigenvalue weighted by Crippen LogP contribution is -2.36. The molecule has 0 saturated carbocycles. The van der Waals surface area contributed by atoms with Crippen LogP contribution in [0.25, 0.3) is 0 Å². The predicted molar refractivity (Wildman–Crippen MR) is 70.4 cm³/mol. The molecule has 1 aliphatic rings. The number of ether oxygens (including phenoxy) is 1. The first-order valence-electron chi connectivity index (χ1n) is 5.98. The molecule has 7 heteroatoms. The van der Waals surface area contributed by atoms with E-state index in [0.29, 0.717) is 37.7 Å². The second kappa shape index (κ2) is 5.40. The van der Waals surface area contributed by atoms with Gasteiger partial charge in [0.15, 0.2) is 5.82 Å². The van der Waals surface area contributed by atoms with Gasteiger partial charge in [-0.05, 0) is 6.07 Å². The summed E-state index contributed by atoms with van der Waals surface area (Å²) in [6.07, 6.45) is 0. The smallest absolute Gasteiger partial charge is 0.295 e. The van der Waals surface area contributed by atoms with Gasteiger partial charge in [-0.15, -0.1) is 0 Å². The molecule has 1 saturated heterocycles. The molecule has 0 bridgehead atoms. The minimum atomic E-state index is -0.570. The molecule has 0 N–H and O–H groups in total. The summed E-state index contributed by atoms with van der Waals surface area (Å²) in [5.74, 6) is -0.570. The quantitative estimate of drug-likeness (QED) is 0.616. The predicted octanol–water partition coefficient (Wildman–Crippen LogP) is 1.64. The first-order chi connectivity index (χ1) is 9.00. The Labute approximate surface area is 110 Å². The average molecular weight is 269 g/mol. The monoisotopic (exact) mass is 269 g/mol. The zero-order chi connectivity index (χ0) is 14.0. The molecule has 1 aromatic carbocycles. The van der Waals surface area contributed by atoms with Gasteiger partial charge in [0.05, 0.1) is 29.9 Å². The van der Waals surface area contributed by atoms with Gasteiger partial charge in [0.2, 0.25) is 0 Å². The van der Waals surface area contributed by atoms with Crippen LogP contribution in [-0.4, -0.2) is 45.3 Å². The van der Waals surface area contributed by atoms with E-state index in [9.17, 15) is 14.5 Å². The Morgan fingerprint density at radius 3 is 2.53 bits per heavy atom. The third-order valence-corrected chi connectivity index (χ3v) is 3.07. The summed E-state index contributed by atoms with van der Waals surface area (Å²) in [6, 6.07) is 2.51. The fourth-order valence-electron chi connectivity index (χ4n) is 2.09. The van der Waals surface area contributed by atoms with E-state index in [1.54, 1.807) is 19.0 Å². The normalized spacial score (nSPS) is 15.4. The van der Waals surface area contributed by atoms with Gasteiger partial charge in [0.25, 0.3) is 5.69 Å². The maximum Gasteiger partial charge on any atom is 0.295 e. The van der Waals surface area contributed by atoms with Crippen molar-refractivity contribution in [1.29, 1.82) is 0 Å². The molecule has 6 nitrogen and oxygen atoms in total. The van der Waals surface area contributed by atoms with Crippen molar-refractivity contribution in [3.05, 3.63) is 28.1 Å². The van der Waals surface area contributed by atoms with Crippen molar-refractivity contribution >= 4 is 17.1 Å². The summed E-state index contributed by atoms with van der Waals surface area (Å²) in [4.78, 5) is 13.8. The Hall–Kier alpha value is -1.89. The van der Waals surface area contributed by atoms with E-state index in [1.165, 1.54) is 6.07 Å². The molecule has 0 amide bonds. The number of nitro benzene ring substituents is 1. The summed E-state index contributed by atoms with van der Waals surface area (Å²) in [7, 11) is 3.40. The minimum Gasteiger partial charge on any atom is -0.378 e. The van der Waals surface area contributed by atoms with Gasteiger partial charge < -0.3 is 14.5 Å². The Morgan fingerprint density at radius 2 is 2.00 bits per heavy atom. The van der Waals surface area contributed by atoms with Crippen LogP contribution in [0.3, 0.4) is 0 Å². The van der Waals surface area contributed by atoms with E-state index >= 15 is 0 Å². The van der Waals surface area contributed by atoms with E-state index in [2.05, 4.69) is 0 Å². The largest absolute Gasteiger partial charge is 0.378 e. The number of benzene rings is 1. The van der Waals surface area contributed by atoms with Crippen molar-refractivity contribution in [3.8, 4) is 0 Å². The number of hydrogen-bond donors (Lipinski definition) is 0. The summed E-state index contributed by atoms with van der Waals surface area (Å²) >= 11 is 0. The lowest BCUT2D eigenvalue weighted by atomic mass is 10.2. The highest BCUT2D eigenvalue weighted by Gasteiger charge is 2.23. The zero-order valence-electron chi connectivity index (χ0n) is 10.9. The van der Waals surface area contributed by atoms with Crippen molar-refractivity contribution in [2.24, 2.45) is 0 Å². The van der Waals surface area contributed by atoms with Crippen LogP contribution < -0.4 is 9.80 Å². The van der Waals surface area contributed by atoms with Crippen LogP contribution in [0, 0.1) is 15.9 Å². The summed E-state index contributed by atoms with van der Waals surface area (Å²) in [6.45, 7) is 2.24. The molecule has 1 fully saturated rings. The van der Waals surface area contributed by atoms with Gasteiger partial charge in [-0.25, -0.2) is 4.39 Å². The van der Waals surface area contributed by atoms with Crippen LogP contribution in [-0.2, 0) is 4.74 Å². The average Bonchev–Trinajstić information content (AvgIpc) is 2.39. The lowest BCUT2D eigenvalue weighted by Gasteiger charge is -2.29. The summed E-state index contributed by atoms with van der Waals surface area (Å²) in [5.41, 5.74) is 0.560. The number of hydrogen-bond acceptors (Lipinski definition) is 5. The van der Waals surface area contributed by atoms with E-state index in [-0.39, 0.29) is 5.69 Å². The highest BCUT2D eigenvalue weighted by Crippen LogP contribution is 2.34. The molecule has 1 aromatic rings. The van der Waals surface area contributed by atoms with Crippen LogP contribution in [0.1, 0.15) is 0 Å². The number of halogens is 1. The molecule has 1 heterocycles. The Kier molecular flexibility index (Phi) is 3.84. The first-order valence-corrected chi connectivity index (χ1v) is 5.98. The number of morpholine rings is 1. The van der Waals surface area contributed by atoms with Crippen molar-refractivity contribution < 1.29 is 14.1 Å². The second-order valence-corrected chi connectivity index (χ2v) is 4.54. The van der Waals surface area contributed by atoms with Gasteiger partial charge in [-0.3, -0.25) is 10.1 Å². The topological polar surface area (TPSA) is 58.8 Å². The van der Waals surface area contributed by atoms with Gasteiger partial charge in [-0.1, -0.05) is 0 Å². The van der Waals surface area contributed by atoms with E-state index < -0.39 is 10.7 Å². The SMILES string of the molecule is CN(C)c1cc(N2CCOCC2)c(F)cc1[N+](=O)[O-]. The Bertz CT molecular complexity index is 487. The molecule has 0 atom stereocenters. The third kappa shape index (κ3) is 2.76. The highest BCUT2D eigenvalue weighted by atomic mass is 19.1. The van der Waals surface area contributed by atoms with E-state index in [0.717, 1.165) is 6.07 Å². The molecular weight excluding hydrogens is 253 g/mol. The van der Waals surface area contributed by atoms with Gasteiger partial charge in [-0.2, -0.15) is 0 Å². The third-order valence-electron chi connectivity index (χ3n) is 3.07. The fraction of sp³-hybridized carbons (Fsp3) is 0.500. The van der Waals surface area contributed by atoms with Crippen molar-refractivity contribution in [2.75, 3.05) is 50.2 Å². The highest BCUT2D eigenvalue weighted by molar-refractivity contribution is 5.70. The first kappa shape index (κ1) is 13.5. The standard InChI is InChI=1S/C12H16FN3O3/c1-14(2)11-8-10(15-3-5-19-6-4-15)9(13)7-12(11)16(17)18/h7-8H,3-6H2,1-2H3. The molecule has 0 aromatic heterocycles. The Balaban J connectivity index is 2.44. The van der Waals surface area contributed by atoms with Crippen LogP contribution in [0.2, 0.25) is 0 Å². The molecule has 104 valence electrons. The van der Waals surface area contributed by atoms with Crippen LogP contribution >= 0.6 is 0 Å².